The zero-order valence-corrected chi connectivity index (χ0v) is 11.6. The predicted molar refractivity (Wildman–Crippen MR) is 75.7 cm³/mol. The molecular formula is C15H17F2NS. The Morgan fingerprint density at radius 1 is 1.21 bits per heavy atom. The van der Waals surface area contributed by atoms with Crippen LogP contribution in [0.3, 0.4) is 0 Å². The van der Waals surface area contributed by atoms with E-state index in [2.05, 4.69) is 23.7 Å². The number of nitrogens with one attached hydrogen (secondary N) is 1. The van der Waals surface area contributed by atoms with Crippen molar-refractivity contribution in [3.05, 3.63) is 57.8 Å². The number of benzene rings is 1. The Bertz CT molecular complexity index is 497. The lowest BCUT2D eigenvalue weighted by Gasteiger charge is -2.13. The smallest absolute Gasteiger partial charge is 0.263 e. The molecule has 0 saturated heterocycles. The van der Waals surface area contributed by atoms with E-state index in [-0.39, 0.29) is 5.56 Å². The SMILES string of the molecule is CC(Cc1cccs1)NCc1cccc(C(F)F)c1. The van der Waals surface area contributed by atoms with Crippen LogP contribution >= 0.6 is 11.3 Å². The van der Waals surface area contributed by atoms with Gasteiger partial charge in [-0.15, -0.1) is 11.3 Å². The Morgan fingerprint density at radius 2 is 2.05 bits per heavy atom. The summed E-state index contributed by atoms with van der Waals surface area (Å²) in [5.74, 6) is 0. The van der Waals surface area contributed by atoms with Crippen molar-refractivity contribution >= 4 is 11.3 Å². The van der Waals surface area contributed by atoms with Crippen LogP contribution in [0.15, 0.2) is 41.8 Å². The summed E-state index contributed by atoms with van der Waals surface area (Å²) in [5, 5.41) is 5.43. The monoisotopic (exact) mass is 281 g/mol. The maximum Gasteiger partial charge on any atom is 0.263 e. The van der Waals surface area contributed by atoms with Gasteiger partial charge in [0.2, 0.25) is 0 Å². The number of hydrogen-bond donors (Lipinski definition) is 1. The molecule has 1 N–H and O–H groups in total. The molecule has 0 saturated carbocycles. The molecule has 1 aromatic carbocycles. The van der Waals surface area contributed by atoms with E-state index in [9.17, 15) is 8.78 Å². The Hall–Kier alpha value is -1.26. The third-order valence-corrected chi connectivity index (χ3v) is 3.84. The first-order chi connectivity index (χ1) is 9.15. The molecular weight excluding hydrogens is 264 g/mol. The summed E-state index contributed by atoms with van der Waals surface area (Å²) < 4.78 is 25.2. The van der Waals surface area contributed by atoms with Crippen molar-refractivity contribution in [3.63, 3.8) is 0 Å². The van der Waals surface area contributed by atoms with Crippen LogP contribution < -0.4 is 5.32 Å². The lowest BCUT2D eigenvalue weighted by atomic mass is 10.1. The molecule has 0 aliphatic rings. The lowest BCUT2D eigenvalue weighted by Crippen LogP contribution is -2.27. The molecule has 102 valence electrons. The lowest BCUT2D eigenvalue weighted by molar-refractivity contribution is 0.151. The number of thiophene rings is 1. The summed E-state index contributed by atoms with van der Waals surface area (Å²) in [4.78, 5) is 1.33. The zero-order valence-electron chi connectivity index (χ0n) is 10.8. The molecule has 1 nitrogen and oxygen atoms in total. The molecule has 0 aliphatic heterocycles. The van der Waals surface area contributed by atoms with E-state index in [0.717, 1.165) is 12.0 Å². The second-order valence-electron chi connectivity index (χ2n) is 4.61. The fourth-order valence-corrected chi connectivity index (χ4v) is 2.77. The van der Waals surface area contributed by atoms with Crippen LogP contribution in [0.1, 0.15) is 29.4 Å². The average Bonchev–Trinajstić information content (AvgIpc) is 2.89. The summed E-state index contributed by atoms with van der Waals surface area (Å²) in [6, 6.07) is 11.1. The molecule has 2 aromatic rings. The van der Waals surface area contributed by atoms with Gasteiger partial charge in [0.15, 0.2) is 0 Å². The molecule has 1 heterocycles. The van der Waals surface area contributed by atoms with E-state index in [0.29, 0.717) is 12.6 Å². The van der Waals surface area contributed by atoms with E-state index in [1.54, 1.807) is 23.5 Å². The molecule has 0 aliphatic carbocycles. The van der Waals surface area contributed by atoms with Crippen LogP contribution in [0.4, 0.5) is 8.78 Å². The minimum absolute atomic E-state index is 0.0882. The van der Waals surface area contributed by atoms with Crippen LogP contribution in [0.5, 0.6) is 0 Å². The van der Waals surface area contributed by atoms with Gasteiger partial charge in [0, 0.05) is 23.0 Å². The molecule has 1 aromatic heterocycles. The van der Waals surface area contributed by atoms with Crippen LogP contribution in [0, 0.1) is 0 Å². The van der Waals surface area contributed by atoms with Crippen LogP contribution in [-0.4, -0.2) is 6.04 Å². The van der Waals surface area contributed by atoms with E-state index in [4.69, 9.17) is 0 Å². The molecule has 0 radical (unpaired) electrons. The Kier molecular flexibility index (Phi) is 5.05. The molecule has 2 rings (SSSR count). The summed E-state index contributed by atoms with van der Waals surface area (Å²) in [7, 11) is 0. The van der Waals surface area contributed by atoms with Crippen molar-refractivity contribution in [1.29, 1.82) is 0 Å². The maximum absolute atomic E-state index is 12.6. The van der Waals surface area contributed by atoms with Crippen molar-refractivity contribution in [3.8, 4) is 0 Å². The molecule has 1 unspecified atom stereocenters. The molecule has 0 fully saturated rings. The molecule has 0 bridgehead atoms. The highest BCUT2D eigenvalue weighted by Crippen LogP contribution is 2.19. The van der Waals surface area contributed by atoms with E-state index in [1.807, 2.05) is 12.1 Å². The van der Waals surface area contributed by atoms with Gasteiger partial charge in [-0.2, -0.15) is 0 Å². The molecule has 0 spiro atoms. The Balaban J connectivity index is 1.86. The van der Waals surface area contributed by atoms with Crippen molar-refractivity contribution in [2.24, 2.45) is 0 Å². The largest absolute Gasteiger partial charge is 0.310 e. The van der Waals surface area contributed by atoms with Gasteiger partial charge in [-0.25, -0.2) is 8.78 Å². The second-order valence-corrected chi connectivity index (χ2v) is 5.64. The topological polar surface area (TPSA) is 12.0 Å². The van der Waals surface area contributed by atoms with Gasteiger partial charge in [-0.05, 0) is 36.4 Å². The fraction of sp³-hybridized carbons (Fsp3) is 0.333. The summed E-state index contributed by atoms with van der Waals surface area (Å²) in [6.45, 7) is 2.73. The van der Waals surface area contributed by atoms with Gasteiger partial charge in [-0.3, -0.25) is 0 Å². The number of rotatable bonds is 6. The predicted octanol–water partition coefficient (Wildman–Crippen LogP) is 4.41. The summed E-state index contributed by atoms with van der Waals surface area (Å²) in [6.07, 6.45) is -1.44. The van der Waals surface area contributed by atoms with Gasteiger partial charge in [-0.1, -0.05) is 24.3 Å². The van der Waals surface area contributed by atoms with Crippen LogP contribution in [-0.2, 0) is 13.0 Å². The molecule has 19 heavy (non-hydrogen) atoms. The minimum atomic E-state index is -2.40. The van der Waals surface area contributed by atoms with Gasteiger partial charge in [0.25, 0.3) is 6.43 Å². The number of halogens is 2. The van der Waals surface area contributed by atoms with Crippen molar-refractivity contribution in [1.82, 2.24) is 5.32 Å². The standard InChI is InChI=1S/C15H17F2NS/c1-11(8-14-6-3-7-19-14)18-10-12-4-2-5-13(9-12)15(16)17/h2-7,9,11,15,18H,8,10H2,1H3. The van der Waals surface area contributed by atoms with Gasteiger partial charge >= 0.3 is 0 Å². The maximum atomic E-state index is 12.6. The highest BCUT2D eigenvalue weighted by Gasteiger charge is 2.08. The number of hydrogen-bond acceptors (Lipinski definition) is 2. The highest BCUT2D eigenvalue weighted by atomic mass is 32.1. The number of alkyl halides is 2. The molecule has 1 atom stereocenters. The third-order valence-electron chi connectivity index (χ3n) is 2.95. The Labute approximate surface area is 116 Å². The van der Waals surface area contributed by atoms with E-state index < -0.39 is 6.43 Å². The summed E-state index contributed by atoms with van der Waals surface area (Å²) in [5.41, 5.74) is 0.987. The van der Waals surface area contributed by atoms with Gasteiger partial charge < -0.3 is 5.32 Å². The molecule has 0 amide bonds. The van der Waals surface area contributed by atoms with Crippen LogP contribution in [0.2, 0.25) is 0 Å². The van der Waals surface area contributed by atoms with E-state index in [1.165, 1.54) is 10.9 Å². The molecule has 4 heteroatoms. The van der Waals surface area contributed by atoms with Crippen molar-refractivity contribution in [2.75, 3.05) is 0 Å². The van der Waals surface area contributed by atoms with E-state index >= 15 is 0 Å². The quantitative estimate of drug-likeness (QED) is 0.827. The Morgan fingerprint density at radius 3 is 2.74 bits per heavy atom. The van der Waals surface area contributed by atoms with Crippen LogP contribution in [0.25, 0.3) is 0 Å². The first-order valence-corrected chi connectivity index (χ1v) is 7.16. The van der Waals surface area contributed by atoms with Gasteiger partial charge in [0.1, 0.15) is 0 Å². The first-order valence-electron chi connectivity index (χ1n) is 6.28. The normalized spacial score (nSPS) is 12.8. The fourth-order valence-electron chi connectivity index (χ4n) is 1.93. The minimum Gasteiger partial charge on any atom is -0.310 e. The zero-order chi connectivity index (χ0) is 13.7. The third kappa shape index (κ3) is 4.40. The highest BCUT2D eigenvalue weighted by molar-refractivity contribution is 7.09. The second kappa shape index (κ2) is 6.78. The van der Waals surface area contributed by atoms with Crippen molar-refractivity contribution < 1.29 is 8.78 Å². The van der Waals surface area contributed by atoms with Gasteiger partial charge in [0.05, 0.1) is 0 Å². The summed E-state index contributed by atoms with van der Waals surface area (Å²) >= 11 is 1.74. The first kappa shape index (κ1) is 14.2. The average molecular weight is 281 g/mol. The van der Waals surface area contributed by atoms with Crippen molar-refractivity contribution in [2.45, 2.75) is 32.4 Å².